The molecule has 2 N–H and O–H groups in total. The number of benzene rings is 1. The number of aliphatic carboxylic acids is 1. The molecule has 21 heavy (non-hydrogen) atoms. The van der Waals surface area contributed by atoms with Gasteiger partial charge in [0.05, 0.1) is 0 Å². The quantitative estimate of drug-likeness (QED) is 0.773. The zero-order valence-electron chi connectivity index (χ0n) is 13.9. The standard InChI is InChI=1S/C17H28N2O2/c1-6-18-17(4,16(20)21)10-7-11-19(5)15-9-8-13(2)12-14(15)3/h8-9,12,18H,6-7,10-11H2,1-5H3,(H,20,21). The van der Waals surface area contributed by atoms with E-state index in [0.717, 1.165) is 13.0 Å². The van der Waals surface area contributed by atoms with Crippen LogP contribution >= 0.6 is 0 Å². The monoisotopic (exact) mass is 292 g/mol. The Morgan fingerprint density at radius 2 is 2.05 bits per heavy atom. The van der Waals surface area contributed by atoms with Crippen LogP contribution in [0.1, 0.15) is 37.8 Å². The molecule has 0 aliphatic heterocycles. The first-order valence-corrected chi connectivity index (χ1v) is 7.57. The molecule has 4 nitrogen and oxygen atoms in total. The molecule has 0 radical (unpaired) electrons. The van der Waals surface area contributed by atoms with E-state index in [9.17, 15) is 9.90 Å². The van der Waals surface area contributed by atoms with Gasteiger partial charge < -0.3 is 15.3 Å². The minimum Gasteiger partial charge on any atom is -0.480 e. The largest absolute Gasteiger partial charge is 0.480 e. The zero-order chi connectivity index (χ0) is 16.0. The molecule has 0 fully saturated rings. The molecule has 1 rings (SSSR count). The molecule has 0 saturated carbocycles. The average molecular weight is 292 g/mol. The molecular formula is C17H28N2O2. The lowest BCUT2D eigenvalue weighted by molar-refractivity contribution is -0.144. The Bertz CT molecular complexity index is 488. The van der Waals surface area contributed by atoms with E-state index in [2.05, 4.69) is 49.3 Å². The minimum absolute atomic E-state index is 0.616. The van der Waals surface area contributed by atoms with Crippen LogP contribution < -0.4 is 10.2 Å². The summed E-state index contributed by atoms with van der Waals surface area (Å²) < 4.78 is 0. The van der Waals surface area contributed by atoms with Gasteiger partial charge in [0.2, 0.25) is 0 Å². The van der Waals surface area contributed by atoms with Gasteiger partial charge in [-0.05, 0) is 51.8 Å². The van der Waals surface area contributed by atoms with Gasteiger partial charge in [-0.15, -0.1) is 0 Å². The first-order valence-electron chi connectivity index (χ1n) is 7.57. The number of anilines is 1. The fourth-order valence-corrected chi connectivity index (χ4v) is 2.69. The van der Waals surface area contributed by atoms with Crippen LogP contribution in [0.5, 0.6) is 0 Å². The summed E-state index contributed by atoms with van der Waals surface area (Å²) in [4.78, 5) is 13.6. The summed E-state index contributed by atoms with van der Waals surface area (Å²) in [7, 11) is 2.06. The van der Waals surface area contributed by atoms with E-state index in [-0.39, 0.29) is 0 Å². The Morgan fingerprint density at radius 3 is 2.57 bits per heavy atom. The number of carboxylic acids is 1. The number of likely N-dealkylation sites (N-methyl/N-ethyl adjacent to an activating group) is 1. The number of carboxylic acid groups (broad SMARTS) is 1. The van der Waals surface area contributed by atoms with E-state index in [1.807, 2.05) is 6.92 Å². The Hall–Kier alpha value is -1.55. The fraction of sp³-hybridized carbons (Fsp3) is 0.588. The molecule has 0 aliphatic rings. The third-order valence-electron chi connectivity index (χ3n) is 3.97. The second-order valence-electron chi connectivity index (χ2n) is 5.98. The summed E-state index contributed by atoms with van der Waals surface area (Å²) in [6, 6.07) is 6.41. The first-order chi connectivity index (χ1) is 9.80. The van der Waals surface area contributed by atoms with Crippen LogP contribution in [0.25, 0.3) is 0 Å². The Labute approximate surface area is 128 Å². The van der Waals surface area contributed by atoms with E-state index in [1.54, 1.807) is 6.92 Å². The van der Waals surface area contributed by atoms with Crippen molar-refractivity contribution in [3.05, 3.63) is 29.3 Å². The molecule has 0 amide bonds. The van der Waals surface area contributed by atoms with Crippen molar-refractivity contribution in [2.45, 2.75) is 46.1 Å². The van der Waals surface area contributed by atoms with Crippen LogP contribution in [0, 0.1) is 13.8 Å². The molecule has 4 heteroatoms. The maximum absolute atomic E-state index is 11.4. The predicted molar refractivity (Wildman–Crippen MR) is 88.1 cm³/mol. The maximum atomic E-state index is 11.4. The molecule has 1 aromatic rings. The Morgan fingerprint density at radius 1 is 1.38 bits per heavy atom. The van der Waals surface area contributed by atoms with Crippen molar-refractivity contribution in [1.29, 1.82) is 0 Å². The van der Waals surface area contributed by atoms with Crippen molar-refractivity contribution >= 4 is 11.7 Å². The van der Waals surface area contributed by atoms with Gasteiger partial charge in [-0.25, -0.2) is 0 Å². The highest BCUT2D eigenvalue weighted by molar-refractivity contribution is 5.78. The van der Waals surface area contributed by atoms with Gasteiger partial charge >= 0.3 is 5.97 Å². The molecule has 0 bridgehead atoms. The van der Waals surface area contributed by atoms with Crippen LogP contribution in [0.3, 0.4) is 0 Å². The van der Waals surface area contributed by atoms with Crippen LogP contribution in [-0.2, 0) is 4.79 Å². The third kappa shape index (κ3) is 4.74. The van der Waals surface area contributed by atoms with E-state index in [0.29, 0.717) is 13.0 Å². The average Bonchev–Trinajstić information content (AvgIpc) is 2.38. The van der Waals surface area contributed by atoms with Crippen molar-refractivity contribution < 1.29 is 9.90 Å². The summed E-state index contributed by atoms with van der Waals surface area (Å²) in [5, 5.41) is 12.4. The number of nitrogens with zero attached hydrogens (tertiary/aromatic N) is 1. The second-order valence-corrected chi connectivity index (χ2v) is 5.98. The topological polar surface area (TPSA) is 52.6 Å². The summed E-state index contributed by atoms with van der Waals surface area (Å²) >= 11 is 0. The number of rotatable bonds is 8. The molecule has 1 aromatic carbocycles. The lowest BCUT2D eigenvalue weighted by Gasteiger charge is -2.28. The van der Waals surface area contributed by atoms with Crippen molar-refractivity contribution in [2.75, 3.05) is 25.0 Å². The Balaban J connectivity index is 2.60. The molecule has 0 aromatic heterocycles. The SMILES string of the molecule is CCNC(C)(CCCN(C)c1ccc(C)cc1C)C(=O)O. The van der Waals surface area contributed by atoms with E-state index in [4.69, 9.17) is 0 Å². The normalized spacial score (nSPS) is 13.8. The van der Waals surface area contributed by atoms with Gasteiger partial charge in [0.25, 0.3) is 0 Å². The molecule has 0 saturated heterocycles. The lowest BCUT2D eigenvalue weighted by Crippen LogP contribution is -2.49. The lowest BCUT2D eigenvalue weighted by atomic mass is 9.95. The van der Waals surface area contributed by atoms with Gasteiger partial charge in [0.1, 0.15) is 5.54 Å². The molecule has 1 unspecified atom stereocenters. The summed E-state index contributed by atoms with van der Waals surface area (Å²) in [5.41, 5.74) is 2.89. The van der Waals surface area contributed by atoms with Crippen LogP contribution in [0.15, 0.2) is 18.2 Å². The van der Waals surface area contributed by atoms with Gasteiger partial charge in [-0.3, -0.25) is 4.79 Å². The highest BCUT2D eigenvalue weighted by Gasteiger charge is 2.31. The summed E-state index contributed by atoms with van der Waals surface area (Å²) in [6.45, 7) is 9.40. The van der Waals surface area contributed by atoms with Crippen molar-refractivity contribution in [2.24, 2.45) is 0 Å². The van der Waals surface area contributed by atoms with Crippen molar-refractivity contribution in [3.8, 4) is 0 Å². The van der Waals surface area contributed by atoms with Gasteiger partial charge in [-0.1, -0.05) is 24.6 Å². The first kappa shape index (κ1) is 17.5. The number of carbonyl (C=O) groups is 1. The highest BCUT2D eigenvalue weighted by Crippen LogP contribution is 2.21. The van der Waals surface area contributed by atoms with E-state index >= 15 is 0 Å². The molecular weight excluding hydrogens is 264 g/mol. The van der Waals surface area contributed by atoms with E-state index < -0.39 is 11.5 Å². The third-order valence-corrected chi connectivity index (χ3v) is 3.97. The molecule has 0 aliphatic carbocycles. The summed E-state index contributed by atoms with van der Waals surface area (Å²) in [5.74, 6) is -0.779. The molecule has 0 spiro atoms. The molecule has 0 heterocycles. The van der Waals surface area contributed by atoms with Crippen molar-refractivity contribution in [3.63, 3.8) is 0 Å². The van der Waals surface area contributed by atoms with Gasteiger partial charge in [0.15, 0.2) is 0 Å². The molecule has 1 atom stereocenters. The zero-order valence-corrected chi connectivity index (χ0v) is 13.9. The maximum Gasteiger partial charge on any atom is 0.323 e. The number of hydrogen-bond acceptors (Lipinski definition) is 3. The fourth-order valence-electron chi connectivity index (χ4n) is 2.69. The predicted octanol–water partition coefficient (Wildman–Crippen LogP) is 2.97. The number of hydrogen-bond donors (Lipinski definition) is 2. The van der Waals surface area contributed by atoms with Crippen LogP contribution in [-0.4, -0.2) is 36.8 Å². The van der Waals surface area contributed by atoms with Gasteiger partial charge in [0, 0.05) is 19.3 Å². The van der Waals surface area contributed by atoms with E-state index in [1.165, 1.54) is 16.8 Å². The van der Waals surface area contributed by atoms with Crippen LogP contribution in [0.4, 0.5) is 5.69 Å². The minimum atomic E-state index is -0.835. The van der Waals surface area contributed by atoms with Gasteiger partial charge in [-0.2, -0.15) is 0 Å². The smallest absolute Gasteiger partial charge is 0.323 e. The Kier molecular flexibility index (Phi) is 6.21. The second kappa shape index (κ2) is 7.46. The molecule has 118 valence electrons. The van der Waals surface area contributed by atoms with Crippen LogP contribution in [0.2, 0.25) is 0 Å². The number of aryl methyl sites for hydroxylation is 2. The number of nitrogens with one attached hydrogen (secondary N) is 1. The summed E-state index contributed by atoms with van der Waals surface area (Å²) in [6.07, 6.45) is 1.45. The van der Waals surface area contributed by atoms with Crippen molar-refractivity contribution in [1.82, 2.24) is 5.32 Å². The highest BCUT2D eigenvalue weighted by atomic mass is 16.4.